The normalized spacial score (nSPS) is 20.8. The summed E-state index contributed by atoms with van der Waals surface area (Å²) in [5.41, 5.74) is 3.96. The molecule has 6 nitrogen and oxygen atoms in total. The lowest BCUT2D eigenvalue weighted by Gasteiger charge is -2.23. The molecule has 2 aromatic carbocycles. The highest BCUT2D eigenvalue weighted by atomic mass is 16.5. The minimum atomic E-state index is -0.00718. The number of hydrogen-bond donors (Lipinski definition) is 0. The van der Waals surface area contributed by atoms with Crippen molar-refractivity contribution in [3.05, 3.63) is 59.2 Å². The number of fused-ring (bicyclic) bond motifs is 1. The number of rotatable bonds is 4. The quantitative estimate of drug-likeness (QED) is 0.771. The van der Waals surface area contributed by atoms with Crippen molar-refractivity contribution >= 4 is 5.91 Å². The van der Waals surface area contributed by atoms with Gasteiger partial charge in [-0.2, -0.15) is 10.5 Å². The van der Waals surface area contributed by atoms with Crippen LogP contribution in [0.5, 0.6) is 0 Å². The zero-order valence-corrected chi connectivity index (χ0v) is 15.6. The number of hydrogen-bond acceptors (Lipinski definition) is 5. The van der Waals surface area contributed by atoms with Gasteiger partial charge < -0.3 is 14.5 Å². The van der Waals surface area contributed by atoms with Crippen molar-refractivity contribution in [1.29, 1.82) is 10.5 Å². The molecule has 28 heavy (non-hydrogen) atoms. The summed E-state index contributed by atoms with van der Waals surface area (Å²) in [6.07, 6.45) is 2.94. The molecule has 0 aromatic heterocycles. The van der Waals surface area contributed by atoms with E-state index in [2.05, 4.69) is 12.3 Å². The molecule has 0 saturated carbocycles. The minimum absolute atomic E-state index is 0.00505. The standard InChI is InChI=1S/C22H20N4O2/c1-28-13-19-9-18(12-25(19)14-24)26-11-17-7-6-15(8-21(17)22(26)27)20-5-3-2-4-16(20)10-23/h2-8,18-19H,9,11-13H2,1H3/t18-,19+/m1/s1. The lowest BCUT2D eigenvalue weighted by atomic mass is 9.97. The molecule has 1 fully saturated rings. The van der Waals surface area contributed by atoms with Crippen LogP contribution in [0, 0.1) is 22.8 Å². The monoisotopic (exact) mass is 372 g/mol. The van der Waals surface area contributed by atoms with Crippen molar-refractivity contribution in [1.82, 2.24) is 9.80 Å². The zero-order valence-electron chi connectivity index (χ0n) is 15.6. The number of carbonyl (C=O) groups excluding carboxylic acids is 1. The predicted molar refractivity (Wildman–Crippen MR) is 103 cm³/mol. The molecule has 2 aromatic rings. The van der Waals surface area contributed by atoms with Crippen LogP contribution in [0.2, 0.25) is 0 Å². The van der Waals surface area contributed by atoms with Gasteiger partial charge in [0.05, 0.1) is 30.3 Å². The average molecular weight is 372 g/mol. The Balaban J connectivity index is 1.60. The van der Waals surface area contributed by atoms with E-state index in [1.54, 1.807) is 18.1 Å². The van der Waals surface area contributed by atoms with Crippen molar-refractivity contribution in [2.24, 2.45) is 0 Å². The van der Waals surface area contributed by atoms with Crippen LogP contribution in [0.1, 0.15) is 27.9 Å². The van der Waals surface area contributed by atoms with Crippen LogP contribution < -0.4 is 0 Å². The van der Waals surface area contributed by atoms with E-state index in [-0.39, 0.29) is 18.0 Å². The summed E-state index contributed by atoms with van der Waals surface area (Å²) in [6, 6.07) is 15.4. The average Bonchev–Trinajstić information content (AvgIpc) is 3.28. The minimum Gasteiger partial charge on any atom is -0.383 e. The number of methoxy groups -OCH3 is 1. The molecule has 0 aliphatic carbocycles. The third-order valence-electron chi connectivity index (χ3n) is 5.62. The zero-order chi connectivity index (χ0) is 19.7. The lowest BCUT2D eigenvalue weighted by Crippen LogP contribution is -2.37. The van der Waals surface area contributed by atoms with E-state index in [0.29, 0.717) is 30.8 Å². The van der Waals surface area contributed by atoms with Crippen LogP contribution in [0.4, 0.5) is 0 Å². The Morgan fingerprint density at radius 2 is 2.00 bits per heavy atom. The first-order valence-corrected chi connectivity index (χ1v) is 9.25. The molecule has 0 radical (unpaired) electrons. The van der Waals surface area contributed by atoms with Gasteiger partial charge >= 0.3 is 0 Å². The summed E-state index contributed by atoms with van der Waals surface area (Å²) < 4.78 is 5.22. The predicted octanol–water partition coefficient (Wildman–Crippen LogP) is 2.75. The van der Waals surface area contributed by atoms with E-state index in [9.17, 15) is 15.3 Å². The van der Waals surface area contributed by atoms with Crippen molar-refractivity contribution < 1.29 is 9.53 Å². The Morgan fingerprint density at radius 1 is 1.18 bits per heavy atom. The molecular weight excluding hydrogens is 352 g/mol. The topological polar surface area (TPSA) is 80.4 Å². The molecule has 1 saturated heterocycles. The lowest BCUT2D eigenvalue weighted by molar-refractivity contribution is 0.0710. The second kappa shape index (κ2) is 7.34. The first kappa shape index (κ1) is 18.0. The molecule has 2 aliphatic rings. The summed E-state index contributed by atoms with van der Waals surface area (Å²) in [5, 5.41) is 18.7. The van der Waals surface area contributed by atoms with Crippen molar-refractivity contribution in [2.75, 3.05) is 20.3 Å². The Hall–Kier alpha value is -3.35. The Labute approximate surface area is 164 Å². The van der Waals surface area contributed by atoms with Gasteiger partial charge in [-0.25, -0.2) is 0 Å². The number of ether oxygens (including phenoxy) is 1. The van der Waals surface area contributed by atoms with Gasteiger partial charge in [0.15, 0.2) is 6.19 Å². The molecular formula is C22H20N4O2. The van der Waals surface area contributed by atoms with E-state index in [4.69, 9.17) is 4.74 Å². The molecule has 140 valence electrons. The third-order valence-corrected chi connectivity index (χ3v) is 5.62. The molecule has 0 spiro atoms. The van der Waals surface area contributed by atoms with E-state index >= 15 is 0 Å². The number of likely N-dealkylation sites (tertiary alicyclic amines) is 1. The fourth-order valence-electron chi connectivity index (χ4n) is 4.21. The van der Waals surface area contributed by atoms with Crippen molar-refractivity contribution in [3.63, 3.8) is 0 Å². The maximum absolute atomic E-state index is 13.1. The third kappa shape index (κ3) is 2.98. The highest BCUT2D eigenvalue weighted by molar-refractivity contribution is 6.00. The van der Waals surface area contributed by atoms with Crippen LogP contribution >= 0.6 is 0 Å². The number of nitriles is 2. The maximum atomic E-state index is 13.1. The summed E-state index contributed by atoms with van der Waals surface area (Å²) in [5.74, 6) is -0.00718. The van der Waals surface area contributed by atoms with Gasteiger partial charge in [-0.3, -0.25) is 4.79 Å². The van der Waals surface area contributed by atoms with E-state index in [1.807, 2.05) is 41.3 Å². The molecule has 0 bridgehead atoms. The molecule has 0 N–H and O–H groups in total. The fraction of sp³-hybridized carbons (Fsp3) is 0.318. The summed E-state index contributed by atoms with van der Waals surface area (Å²) in [7, 11) is 1.63. The molecule has 2 aliphatic heterocycles. The molecule has 0 unspecified atom stereocenters. The van der Waals surface area contributed by atoms with Crippen molar-refractivity contribution in [2.45, 2.75) is 25.0 Å². The molecule has 2 atom stereocenters. The van der Waals surface area contributed by atoms with Gasteiger partial charge in [0, 0.05) is 25.8 Å². The molecule has 6 heteroatoms. The Bertz CT molecular complexity index is 1000. The van der Waals surface area contributed by atoms with Gasteiger partial charge in [-0.1, -0.05) is 30.3 Å². The van der Waals surface area contributed by atoms with Crippen LogP contribution in [0.3, 0.4) is 0 Å². The molecule has 4 rings (SSSR count). The Kier molecular flexibility index (Phi) is 4.73. The second-order valence-corrected chi connectivity index (χ2v) is 7.21. The van der Waals surface area contributed by atoms with Crippen molar-refractivity contribution in [3.8, 4) is 23.4 Å². The first-order valence-electron chi connectivity index (χ1n) is 9.25. The van der Waals surface area contributed by atoms with Gasteiger partial charge in [-0.05, 0) is 35.2 Å². The number of nitrogens with zero attached hydrogens (tertiary/aromatic N) is 4. The van der Waals surface area contributed by atoms with E-state index in [0.717, 1.165) is 23.1 Å². The van der Waals surface area contributed by atoms with Crippen LogP contribution in [0.25, 0.3) is 11.1 Å². The van der Waals surface area contributed by atoms with E-state index < -0.39 is 0 Å². The van der Waals surface area contributed by atoms with Gasteiger partial charge in [0.25, 0.3) is 5.91 Å². The molecule has 2 heterocycles. The van der Waals surface area contributed by atoms with Crippen LogP contribution in [0.15, 0.2) is 42.5 Å². The maximum Gasteiger partial charge on any atom is 0.254 e. The molecule has 1 amide bonds. The SMILES string of the molecule is COC[C@@H]1C[C@@H](N2Cc3ccc(-c4ccccc4C#N)cc3C2=O)CN1C#N. The Morgan fingerprint density at radius 3 is 2.75 bits per heavy atom. The fourth-order valence-corrected chi connectivity index (χ4v) is 4.21. The summed E-state index contributed by atoms with van der Waals surface area (Å²) in [4.78, 5) is 16.7. The second-order valence-electron chi connectivity index (χ2n) is 7.21. The van der Waals surface area contributed by atoms with Gasteiger partial charge in [0.2, 0.25) is 0 Å². The van der Waals surface area contributed by atoms with Crippen LogP contribution in [-0.2, 0) is 11.3 Å². The van der Waals surface area contributed by atoms with Gasteiger partial charge in [0.1, 0.15) is 0 Å². The largest absolute Gasteiger partial charge is 0.383 e. The number of carbonyl (C=O) groups is 1. The highest BCUT2D eigenvalue weighted by Gasteiger charge is 2.40. The summed E-state index contributed by atoms with van der Waals surface area (Å²) >= 11 is 0. The first-order chi connectivity index (χ1) is 13.7. The van der Waals surface area contributed by atoms with Gasteiger partial charge in [-0.15, -0.1) is 0 Å². The van der Waals surface area contributed by atoms with Crippen LogP contribution in [-0.4, -0.2) is 48.1 Å². The smallest absolute Gasteiger partial charge is 0.254 e. The van der Waals surface area contributed by atoms with E-state index in [1.165, 1.54) is 0 Å². The summed E-state index contributed by atoms with van der Waals surface area (Å²) in [6.45, 7) is 1.57. The number of amides is 1. The highest BCUT2D eigenvalue weighted by Crippen LogP contribution is 2.33. The number of benzene rings is 2.